The van der Waals surface area contributed by atoms with E-state index in [0.717, 1.165) is 0 Å². The Kier molecular flexibility index (Phi) is 8.58. The van der Waals surface area contributed by atoms with Gasteiger partial charge in [0, 0.05) is 50.7 Å². The summed E-state index contributed by atoms with van der Waals surface area (Å²) in [5.41, 5.74) is 14.9. The average Bonchev–Trinajstić information content (AvgIpc) is 2.76. The minimum absolute atomic E-state index is 0. The molecule has 9 nitrogen and oxygen atoms in total. The molecule has 0 aliphatic rings. The molecule has 1 aromatic rings. The summed E-state index contributed by atoms with van der Waals surface area (Å²) < 4.78 is 5.29. The van der Waals surface area contributed by atoms with Gasteiger partial charge in [-0.05, 0) is 12.1 Å². The molecule has 0 aromatic carbocycles. The van der Waals surface area contributed by atoms with Crippen LogP contribution < -0.4 is 22.3 Å². The van der Waals surface area contributed by atoms with Gasteiger partial charge in [0.15, 0.2) is 0 Å². The van der Waals surface area contributed by atoms with Crippen LogP contribution in [-0.4, -0.2) is 31.4 Å². The third-order valence-corrected chi connectivity index (χ3v) is 1.63. The Morgan fingerprint density at radius 1 is 1.21 bits per heavy atom. The van der Waals surface area contributed by atoms with E-state index < -0.39 is 5.96 Å². The van der Waals surface area contributed by atoms with Gasteiger partial charge < -0.3 is 26.7 Å². The number of hydrogen-bond acceptors (Lipinski definition) is 4. The molecular weight excluding hydrogens is 401 g/mol. The molecule has 1 aromatic heterocycles. The minimum atomic E-state index is -0.502. The third-order valence-electron chi connectivity index (χ3n) is 1.63. The quantitative estimate of drug-likeness (QED) is 0.215. The van der Waals surface area contributed by atoms with E-state index in [9.17, 15) is 0 Å². The Morgan fingerprint density at radius 3 is 2.21 bits per heavy atom. The summed E-state index contributed by atoms with van der Waals surface area (Å²) >= 11 is 0. The Labute approximate surface area is 139 Å². The maximum absolute atomic E-state index is 8.61. The van der Waals surface area contributed by atoms with E-state index in [0.29, 0.717) is 11.5 Å². The summed E-state index contributed by atoms with van der Waals surface area (Å²) in [5.74, 6) is 0.645. The Morgan fingerprint density at radius 2 is 1.74 bits per heavy atom. The van der Waals surface area contributed by atoms with Crippen LogP contribution in [0, 0.1) is 37.7 Å². The molecule has 0 unspecified atom stereocenters. The molecule has 107 valence electrons. The van der Waals surface area contributed by atoms with E-state index in [2.05, 4.69) is 26.0 Å². The smallest absolute Gasteiger partial charge is 0.209 e. The number of guanidine groups is 2. The first kappa shape index (κ1) is 17.4. The second-order valence-electron chi connectivity index (χ2n) is 2.97. The van der Waals surface area contributed by atoms with Crippen LogP contribution in [0.15, 0.2) is 31.7 Å². The number of rotatable bonds is 4. The molecule has 0 fully saturated rings. The second kappa shape index (κ2) is 9.36. The van der Waals surface area contributed by atoms with E-state index in [1.165, 1.54) is 19.5 Å². The third kappa shape index (κ3) is 7.44. The zero-order chi connectivity index (χ0) is 13.4. The number of furan rings is 1. The van der Waals surface area contributed by atoms with Crippen molar-refractivity contribution in [2.24, 2.45) is 26.7 Å². The van der Waals surface area contributed by atoms with E-state index in [-0.39, 0.29) is 43.7 Å². The molecule has 0 amide bonds. The first-order valence-corrected chi connectivity index (χ1v) is 4.83. The summed E-state index contributed by atoms with van der Waals surface area (Å²) in [4.78, 5) is 3.65. The van der Waals surface area contributed by atoms with Gasteiger partial charge in [-0.2, -0.15) is 5.10 Å². The van der Waals surface area contributed by atoms with Gasteiger partial charge in [0.2, 0.25) is 5.96 Å². The molecule has 10 heteroatoms. The van der Waals surface area contributed by atoms with Crippen molar-refractivity contribution in [2.75, 3.05) is 7.05 Å². The summed E-state index contributed by atoms with van der Waals surface area (Å²) in [5, 5.41) is 16.0. The van der Waals surface area contributed by atoms with Crippen LogP contribution in [0.3, 0.4) is 0 Å². The Balaban J connectivity index is 0.00000324. The van der Waals surface area contributed by atoms with Crippen LogP contribution in [0.5, 0.6) is 0 Å². The Bertz CT molecular complexity index is 492. The molecule has 0 aliphatic carbocycles. The minimum Gasteiger partial charge on any atom is -0.454 e. The summed E-state index contributed by atoms with van der Waals surface area (Å²) in [6.45, 7) is 0. The van der Waals surface area contributed by atoms with Gasteiger partial charge in [0.05, 0.1) is 12.4 Å². The summed E-state index contributed by atoms with van der Waals surface area (Å²) in [6.07, 6.45) is 2.77. The molecule has 1 rings (SSSR count). The van der Waals surface area contributed by atoms with E-state index >= 15 is 0 Å². The number of aliphatic imine (C=N–C) groups is 1. The summed E-state index contributed by atoms with van der Waals surface area (Å²) in [6, 6.07) is 3.34. The topological polar surface area (TPSA) is 149 Å². The molecule has 0 bridgehead atoms. The molecule has 19 heavy (non-hydrogen) atoms. The number of nitrogens with one attached hydrogen (secondary N) is 2. The van der Waals surface area contributed by atoms with Gasteiger partial charge in [-0.15, -0.1) is 0 Å². The van der Waals surface area contributed by atoms with Gasteiger partial charge in [-0.3, -0.25) is 4.99 Å². The van der Waals surface area contributed by atoms with E-state index in [4.69, 9.17) is 21.3 Å². The molecule has 0 saturated carbocycles. The van der Waals surface area contributed by atoms with Gasteiger partial charge in [-0.1, -0.05) is 0 Å². The SMILES string of the molecule is CN=C(N)N/N=C/c1ccc(/C=N/NC(=[N-])N)o1.[Ho]. The van der Waals surface area contributed by atoms with Crippen molar-refractivity contribution in [3.8, 4) is 0 Å². The molecule has 0 atom stereocenters. The molecule has 0 aliphatic heterocycles. The second-order valence-corrected chi connectivity index (χ2v) is 2.97. The van der Waals surface area contributed by atoms with E-state index in [1.807, 2.05) is 0 Å². The zero-order valence-electron chi connectivity index (χ0n) is 9.96. The normalized spacial score (nSPS) is 11.5. The van der Waals surface area contributed by atoms with Gasteiger partial charge in [0.1, 0.15) is 11.5 Å². The maximum atomic E-state index is 8.61. The summed E-state index contributed by atoms with van der Waals surface area (Å²) in [7, 11) is 1.54. The molecule has 0 saturated heterocycles. The first-order valence-electron chi connectivity index (χ1n) is 4.83. The largest absolute Gasteiger partial charge is 0.454 e. The van der Waals surface area contributed by atoms with Crippen LogP contribution in [0.1, 0.15) is 11.5 Å². The maximum Gasteiger partial charge on any atom is 0.209 e. The van der Waals surface area contributed by atoms with Crippen molar-refractivity contribution >= 4 is 24.3 Å². The van der Waals surface area contributed by atoms with E-state index in [1.54, 1.807) is 12.1 Å². The number of nitrogens with two attached hydrogens (primary N) is 2. The van der Waals surface area contributed by atoms with Crippen LogP contribution >= 0.6 is 0 Å². The number of hydrazone groups is 2. The number of hydrogen-bond donors (Lipinski definition) is 4. The standard InChI is InChI=1S/C9H13N8O.Ho/c1-13-9(12)17-15-5-7-3-2-6(18-7)4-14-16-8(10)11;/h2-5H,1H3,(H6-,10,11,12,13,16,17);/q-1;/b14-4+,15-5+;. The monoisotopic (exact) mass is 414 g/mol. The van der Waals surface area contributed by atoms with Crippen molar-refractivity contribution in [1.29, 1.82) is 0 Å². The fourth-order valence-electron chi connectivity index (χ4n) is 0.881. The predicted octanol–water partition coefficient (Wildman–Crippen LogP) is -1.04. The Hall–Kier alpha value is -1.58. The fourth-order valence-corrected chi connectivity index (χ4v) is 0.881. The molecule has 1 radical (unpaired) electrons. The molecule has 6 N–H and O–H groups in total. The van der Waals surface area contributed by atoms with Crippen LogP contribution in [-0.2, 0) is 0 Å². The van der Waals surface area contributed by atoms with Crippen molar-refractivity contribution in [1.82, 2.24) is 10.9 Å². The average molecular weight is 414 g/mol. The van der Waals surface area contributed by atoms with Crippen molar-refractivity contribution in [3.05, 3.63) is 29.1 Å². The van der Waals surface area contributed by atoms with Crippen molar-refractivity contribution in [2.45, 2.75) is 0 Å². The fraction of sp³-hybridized carbons (Fsp3) is 0.111. The first-order chi connectivity index (χ1) is 8.61. The predicted molar refractivity (Wildman–Crippen MR) is 70.3 cm³/mol. The molecule has 1 heterocycles. The van der Waals surface area contributed by atoms with Gasteiger partial charge >= 0.3 is 0 Å². The van der Waals surface area contributed by atoms with Crippen LogP contribution in [0.2, 0.25) is 0 Å². The van der Waals surface area contributed by atoms with Crippen LogP contribution in [0.25, 0.3) is 5.41 Å². The van der Waals surface area contributed by atoms with Crippen molar-refractivity contribution in [3.63, 3.8) is 0 Å². The number of nitrogens with zero attached hydrogens (tertiary/aromatic N) is 4. The van der Waals surface area contributed by atoms with Crippen LogP contribution in [0.4, 0.5) is 0 Å². The van der Waals surface area contributed by atoms with Gasteiger partial charge in [0.25, 0.3) is 0 Å². The molecular formula is C9H13HoN8O-. The van der Waals surface area contributed by atoms with Gasteiger partial charge in [-0.25, -0.2) is 10.5 Å². The zero-order valence-corrected chi connectivity index (χ0v) is 11.9. The molecule has 0 spiro atoms. The van der Waals surface area contributed by atoms with Crippen molar-refractivity contribution < 1.29 is 42.2 Å².